The predicted octanol–water partition coefficient (Wildman–Crippen LogP) is 5.78. The Morgan fingerprint density at radius 3 is 2.28 bits per heavy atom. The van der Waals surface area contributed by atoms with E-state index in [-0.39, 0.29) is 23.9 Å². The summed E-state index contributed by atoms with van der Waals surface area (Å²) in [4.78, 5) is 12.2. The molecule has 0 bridgehead atoms. The van der Waals surface area contributed by atoms with Gasteiger partial charge in [-0.25, -0.2) is 0 Å². The van der Waals surface area contributed by atoms with Gasteiger partial charge in [0.05, 0.1) is 0 Å². The Hall–Kier alpha value is -2.23. The molecule has 0 aliphatic carbocycles. The van der Waals surface area contributed by atoms with E-state index in [1.54, 1.807) is 12.1 Å². The van der Waals surface area contributed by atoms with Crippen LogP contribution in [-0.2, 0) is 4.79 Å². The van der Waals surface area contributed by atoms with Crippen LogP contribution in [0.5, 0.6) is 0 Å². The number of hydrogen-bond acceptors (Lipinski definition) is 1. The number of halogens is 2. The van der Waals surface area contributed by atoms with Crippen LogP contribution in [0.1, 0.15) is 46.1 Å². The lowest BCUT2D eigenvalue weighted by molar-refractivity contribution is -0.129. The smallest absolute Gasteiger partial charge is 0.274 e. The first-order valence-corrected chi connectivity index (χ1v) is 8.56. The van der Waals surface area contributed by atoms with Crippen LogP contribution in [0.2, 0.25) is 0 Å². The van der Waals surface area contributed by atoms with Gasteiger partial charge in [-0.2, -0.15) is 8.78 Å². The number of rotatable bonds is 5. The van der Waals surface area contributed by atoms with Gasteiger partial charge in [-0.1, -0.05) is 64.1 Å². The highest BCUT2D eigenvalue weighted by Crippen LogP contribution is 2.29. The van der Waals surface area contributed by atoms with E-state index in [0.29, 0.717) is 12.0 Å². The number of carbonyl (C=O) groups is 1. The van der Waals surface area contributed by atoms with E-state index < -0.39 is 11.5 Å². The van der Waals surface area contributed by atoms with Gasteiger partial charge in [0.15, 0.2) is 0 Å². The van der Waals surface area contributed by atoms with Crippen LogP contribution < -0.4 is 5.32 Å². The first-order valence-electron chi connectivity index (χ1n) is 8.56. The average Bonchev–Trinajstić information content (AvgIpc) is 2.56. The van der Waals surface area contributed by atoms with Crippen molar-refractivity contribution in [2.45, 2.75) is 46.6 Å². The number of carbonyl (C=O) groups excluding carboxylic acids is 1. The van der Waals surface area contributed by atoms with Crippen molar-refractivity contribution < 1.29 is 13.6 Å². The summed E-state index contributed by atoms with van der Waals surface area (Å²) in [5, 5.41) is 4.83. The average molecular weight is 345 g/mol. The number of hydrogen-bond donors (Lipinski definition) is 1. The van der Waals surface area contributed by atoms with Crippen LogP contribution in [-0.4, -0.2) is 11.9 Å². The van der Waals surface area contributed by atoms with Crippen molar-refractivity contribution in [3.8, 4) is 0 Å². The first kappa shape index (κ1) is 19.1. The summed E-state index contributed by atoms with van der Waals surface area (Å²) in [6.07, 6.45) is -0.996. The molecule has 2 aromatic rings. The van der Waals surface area contributed by atoms with Gasteiger partial charge in [0, 0.05) is 17.0 Å². The van der Waals surface area contributed by atoms with E-state index in [1.165, 1.54) is 0 Å². The summed E-state index contributed by atoms with van der Waals surface area (Å²) in [7, 11) is 0. The summed E-state index contributed by atoms with van der Waals surface area (Å²) >= 11 is 0. The molecule has 0 saturated carbocycles. The van der Waals surface area contributed by atoms with Crippen LogP contribution in [0.15, 0.2) is 48.5 Å². The van der Waals surface area contributed by atoms with Gasteiger partial charge in [0.25, 0.3) is 6.08 Å². The number of fused-ring (bicyclic) bond motifs is 1. The normalized spacial score (nSPS) is 12.7. The molecule has 1 amide bonds. The minimum atomic E-state index is -1.70. The largest absolute Gasteiger partial charge is 0.353 e. The molecule has 0 radical (unpaired) electrons. The van der Waals surface area contributed by atoms with Crippen molar-refractivity contribution in [2.24, 2.45) is 5.41 Å². The third-order valence-corrected chi connectivity index (χ3v) is 4.29. The maximum Gasteiger partial charge on any atom is 0.274 e. The van der Waals surface area contributed by atoms with Gasteiger partial charge in [-0.05, 0) is 35.2 Å². The second-order valence-electron chi connectivity index (χ2n) is 7.33. The fourth-order valence-electron chi connectivity index (χ4n) is 2.63. The zero-order valence-corrected chi connectivity index (χ0v) is 15.2. The quantitative estimate of drug-likeness (QED) is 0.731. The van der Waals surface area contributed by atoms with Crippen LogP contribution in [0.25, 0.3) is 16.3 Å². The summed E-state index contributed by atoms with van der Waals surface area (Å²) in [5.41, 5.74) is -0.0527. The second-order valence-corrected chi connectivity index (χ2v) is 7.33. The molecule has 0 spiro atoms. The van der Waals surface area contributed by atoms with Crippen LogP contribution in [0, 0.1) is 5.41 Å². The first-order chi connectivity index (χ1) is 11.7. The van der Waals surface area contributed by atoms with Crippen molar-refractivity contribution in [3.63, 3.8) is 0 Å². The Labute approximate surface area is 147 Å². The third-order valence-electron chi connectivity index (χ3n) is 4.29. The van der Waals surface area contributed by atoms with Crippen molar-refractivity contribution >= 4 is 22.3 Å². The Balaban J connectivity index is 2.28. The van der Waals surface area contributed by atoms with Gasteiger partial charge in [0.1, 0.15) is 0 Å². The van der Waals surface area contributed by atoms with Crippen molar-refractivity contribution in [1.29, 1.82) is 0 Å². The molecule has 0 aromatic heterocycles. The Bertz CT molecular complexity index is 786. The third kappa shape index (κ3) is 4.88. The number of amides is 1. The standard InChI is InChI=1S/C21H25F2NO/c1-5-17(24-20(25)21(2,3)4)13-18(19(22)23)16-11-10-14-8-6-7-9-15(14)12-16/h6-12,17H,5,13H2,1-4H3,(H,24,25). The molecule has 0 aliphatic rings. The van der Waals surface area contributed by atoms with Gasteiger partial charge >= 0.3 is 0 Å². The Morgan fingerprint density at radius 1 is 1.08 bits per heavy atom. The van der Waals surface area contributed by atoms with E-state index in [4.69, 9.17) is 0 Å². The lowest BCUT2D eigenvalue weighted by Crippen LogP contribution is -2.41. The fourth-order valence-corrected chi connectivity index (χ4v) is 2.63. The maximum absolute atomic E-state index is 13.6. The molecule has 4 heteroatoms. The Morgan fingerprint density at radius 2 is 1.72 bits per heavy atom. The maximum atomic E-state index is 13.6. The topological polar surface area (TPSA) is 29.1 Å². The zero-order chi connectivity index (χ0) is 18.6. The lowest BCUT2D eigenvalue weighted by Gasteiger charge is -2.24. The van der Waals surface area contributed by atoms with E-state index in [1.807, 2.05) is 58.0 Å². The number of benzene rings is 2. The molecule has 1 N–H and O–H groups in total. The van der Waals surface area contributed by atoms with Crippen LogP contribution in [0.4, 0.5) is 8.78 Å². The minimum Gasteiger partial charge on any atom is -0.353 e. The summed E-state index contributed by atoms with van der Waals surface area (Å²) in [6.45, 7) is 7.32. The highest BCUT2D eigenvalue weighted by atomic mass is 19.3. The Kier molecular flexibility index (Phi) is 5.93. The molecule has 2 nitrogen and oxygen atoms in total. The molecule has 0 heterocycles. The molecule has 134 valence electrons. The van der Waals surface area contributed by atoms with Gasteiger partial charge in [0.2, 0.25) is 5.91 Å². The second kappa shape index (κ2) is 7.77. The molecule has 2 aromatic carbocycles. The highest BCUT2D eigenvalue weighted by Gasteiger charge is 2.25. The van der Waals surface area contributed by atoms with Gasteiger partial charge in [-0.3, -0.25) is 4.79 Å². The van der Waals surface area contributed by atoms with E-state index in [9.17, 15) is 13.6 Å². The van der Waals surface area contributed by atoms with E-state index in [2.05, 4.69) is 5.32 Å². The molecule has 0 saturated heterocycles. The van der Waals surface area contributed by atoms with Gasteiger partial charge < -0.3 is 5.32 Å². The van der Waals surface area contributed by atoms with Crippen LogP contribution >= 0.6 is 0 Å². The van der Waals surface area contributed by atoms with Crippen molar-refractivity contribution in [1.82, 2.24) is 5.32 Å². The van der Waals surface area contributed by atoms with Crippen molar-refractivity contribution in [3.05, 3.63) is 54.1 Å². The van der Waals surface area contributed by atoms with Gasteiger partial charge in [-0.15, -0.1) is 0 Å². The molecule has 2 rings (SSSR count). The summed E-state index contributed by atoms with van der Waals surface area (Å²) in [5.74, 6) is -0.128. The monoisotopic (exact) mass is 345 g/mol. The molecule has 1 atom stereocenters. The van der Waals surface area contributed by atoms with Crippen LogP contribution in [0.3, 0.4) is 0 Å². The molecule has 25 heavy (non-hydrogen) atoms. The molecule has 0 fully saturated rings. The van der Waals surface area contributed by atoms with E-state index >= 15 is 0 Å². The van der Waals surface area contributed by atoms with Crippen molar-refractivity contribution in [2.75, 3.05) is 0 Å². The molecular weight excluding hydrogens is 320 g/mol. The summed E-state index contributed by atoms with van der Waals surface area (Å²) < 4.78 is 27.2. The molecule has 0 aliphatic heterocycles. The predicted molar refractivity (Wildman–Crippen MR) is 99.4 cm³/mol. The minimum absolute atomic E-state index is 0.00758. The highest BCUT2D eigenvalue weighted by molar-refractivity contribution is 5.86. The lowest BCUT2D eigenvalue weighted by atomic mass is 9.92. The van der Waals surface area contributed by atoms with E-state index in [0.717, 1.165) is 10.8 Å². The summed E-state index contributed by atoms with van der Waals surface area (Å²) in [6, 6.07) is 12.7. The SMILES string of the molecule is CCC(CC(=C(F)F)c1ccc2ccccc2c1)NC(=O)C(C)(C)C. The number of nitrogens with one attached hydrogen (secondary N) is 1. The fraction of sp³-hybridized carbons (Fsp3) is 0.381. The zero-order valence-electron chi connectivity index (χ0n) is 15.2. The molecular formula is C21H25F2NO. The molecule has 1 unspecified atom stereocenters.